The number of amides is 1. The van der Waals surface area contributed by atoms with Crippen LogP contribution in [0.1, 0.15) is 52.6 Å². The van der Waals surface area contributed by atoms with E-state index in [2.05, 4.69) is 24.1 Å². The third-order valence-electron chi connectivity index (χ3n) is 4.96. The van der Waals surface area contributed by atoms with Crippen LogP contribution < -0.4 is 10.1 Å². The Balaban J connectivity index is 1.84. The second kappa shape index (κ2) is 8.30. The molecule has 5 heteroatoms. The largest absolute Gasteiger partial charge is 0.496 e. The quantitative estimate of drug-likeness (QED) is 0.685. The smallest absolute Gasteiger partial charge is 0.251 e. The molecular formula is C23H27N3O2. The lowest BCUT2D eigenvalue weighted by Crippen LogP contribution is -2.24. The predicted molar refractivity (Wildman–Crippen MR) is 111 cm³/mol. The van der Waals surface area contributed by atoms with Crippen molar-refractivity contribution in [3.05, 3.63) is 76.9 Å². The standard InChI is InChI=1S/C23H27N3O2/c1-15(2)19-13-20(16(3)12-22(19)28-5)23(27)25-14-18-8-6-7-9-21(18)26-11-10-24-17(26)4/h6-13,15H,14H2,1-5H3,(H,25,27). The summed E-state index contributed by atoms with van der Waals surface area (Å²) in [5.41, 5.74) is 4.67. The lowest BCUT2D eigenvalue weighted by molar-refractivity contribution is 0.0950. The molecule has 3 aromatic rings. The van der Waals surface area contributed by atoms with Gasteiger partial charge in [-0.15, -0.1) is 0 Å². The summed E-state index contributed by atoms with van der Waals surface area (Å²) in [5.74, 6) is 1.92. The van der Waals surface area contributed by atoms with Gasteiger partial charge < -0.3 is 14.6 Å². The van der Waals surface area contributed by atoms with E-state index >= 15 is 0 Å². The Hall–Kier alpha value is -3.08. The second-order valence-corrected chi connectivity index (χ2v) is 7.22. The molecule has 0 saturated carbocycles. The molecule has 2 aromatic carbocycles. The summed E-state index contributed by atoms with van der Waals surface area (Å²) in [6, 6.07) is 11.9. The fourth-order valence-corrected chi connectivity index (χ4v) is 3.37. The molecule has 1 heterocycles. The van der Waals surface area contributed by atoms with Gasteiger partial charge >= 0.3 is 0 Å². The average molecular weight is 377 g/mol. The van der Waals surface area contributed by atoms with Crippen LogP contribution >= 0.6 is 0 Å². The normalized spacial score (nSPS) is 10.9. The van der Waals surface area contributed by atoms with Gasteiger partial charge in [0.2, 0.25) is 0 Å². The molecule has 0 aliphatic carbocycles. The van der Waals surface area contributed by atoms with E-state index in [1.54, 1.807) is 13.3 Å². The molecule has 1 N–H and O–H groups in total. The molecular weight excluding hydrogens is 350 g/mol. The van der Waals surface area contributed by atoms with Crippen LogP contribution in [0, 0.1) is 13.8 Å². The van der Waals surface area contributed by atoms with E-state index in [9.17, 15) is 4.79 Å². The van der Waals surface area contributed by atoms with Gasteiger partial charge in [-0.2, -0.15) is 0 Å². The highest BCUT2D eigenvalue weighted by atomic mass is 16.5. The summed E-state index contributed by atoms with van der Waals surface area (Å²) < 4.78 is 7.50. The maximum atomic E-state index is 12.9. The van der Waals surface area contributed by atoms with Gasteiger partial charge in [-0.05, 0) is 54.7 Å². The second-order valence-electron chi connectivity index (χ2n) is 7.22. The monoisotopic (exact) mass is 377 g/mol. The zero-order valence-electron chi connectivity index (χ0n) is 17.1. The number of imidazole rings is 1. The van der Waals surface area contributed by atoms with Gasteiger partial charge in [0, 0.05) is 24.5 Å². The van der Waals surface area contributed by atoms with Crippen LogP contribution in [0.3, 0.4) is 0 Å². The van der Waals surface area contributed by atoms with Gasteiger partial charge in [0.1, 0.15) is 11.6 Å². The van der Waals surface area contributed by atoms with Crippen molar-refractivity contribution in [3.63, 3.8) is 0 Å². The van der Waals surface area contributed by atoms with Gasteiger partial charge in [0.05, 0.1) is 12.8 Å². The third-order valence-corrected chi connectivity index (χ3v) is 4.96. The van der Waals surface area contributed by atoms with Crippen molar-refractivity contribution in [2.75, 3.05) is 7.11 Å². The summed E-state index contributed by atoms with van der Waals surface area (Å²) in [6.07, 6.45) is 3.71. The van der Waals surface area contributed by atoms with E-state index in [-0.39, 0.29) is 11.8 Å². The van der Waals surface area contributed by atoms with Gasteiger partial charge in [-0.25, -0.2) is 4.98 Å². The summed E-state index contributed by atoms with van der Waals surface area (Å²) in [7, 11) is 1.66. The van der Waals surface area contributed by atoms with E-state index in [4.69, 9.17) is 4.74 Å². The molecule has 1 aromatic heterocycles. The highest BCUT2D eigenvalue weighted by Crippen LogP contribution is 2.29. The first kappa shape index (κ1) is 19.7. The minimum Gasteiger partial charge on any atom is -0.496 e. The summed E-state index contributed by atoms with van der Waals surface area (Å²) in [5, 5.41) is 3.07. The molecule has 0 spiro atoms. The van der Waals surface area contributed by atoms with E-state index in [0.29, 0.717) is 12.1 Å². The highest BCUT2D eigenvalue weighted by Gasteiger charge is 2.16. The molecule has 1 amide bonds. The lowest BCUT2D eigenvalue weighted by Gasteiger charge is -2.17. The van der Waals surface area contributed by atoms with Crippen molar-refractivity contribution in [1.82, 2.24) is 14.9 Å². The van der Waals surface area contributed by atoms with Crippen molar-refractivity contribution in [2.24, 2.45) is 0 Å². The third kappa shape index (κ3) is 3.93. The molecule has 0 radical (unpaired) electrons. The van der Waals surface area contributed by atoms with E-state index in [0.717, 1.165) is 34.0 Å². The van der Waals surface area contributed by atoms with Crippen LogP contribution in [0.15, 0.2) is 48.8 Å². The maximum absolute atomic E-state index is 12.9. The molecule has 0 bridgehead atoms. The molecule has 28 heavy (non-hydrogen) atoms. The Morgan fingerprint density at radius 3 is 2.61 bits per heavy atom. The zero-order chi connectivity index (χ0) is 20.3. The van der Waals surface area contributed by atoms with Crippen molar-refractivity contribution < 1.29 is 9.53 Å². The fraction of sp³-hybridized carbons (Fsp3) is 0.304. The number of ether oxygens (including phenoxy) is 1. The number of benzene rings is 2. The van der Waals surface area contributed by atoms with Crippen LogP contribution in [0.4, 0.5) is 0 Å². The summed E-state index contributed by atoms with van der Waals surface area (Å²) >= 11 is 0. The number of nitrogens with one attached hydrogen (secondary N) is 1. The minimum absolute atomic E-state index is 0.0841. The summed E-state index contributed by atoms with van der Waals surface area (Å²) in [4.78, 5) is 17.2. The van der Waals surface area contributed by atoms with Crippen LogP contribution in [0.5, 0.6) is 5.75 Å². The molecule has 5 nitrogen and oxygen atoms in total. The number of rotatable bonds is 6. The first-order chi connectivity index (χ1) is 13.4. The molecule has 0 aliphatic heterocycles. The van der Waals surface area contributed by atoms with Crippen molar-refractivity contribution in [3.8, 4) is 11.4 Å². The van der Waals surface area contributed by atoms with Crippen LogP contribution in [-0.4, -0.2) is 22.6 Å². The topological polar surface area (TPSA) is 56.1 Å². The van der Waals surface area contributed by atoms with Gasteiger partial charge in [0.15, 0.2) is 0 Å². The molecule has 0 saturated heterocycles. The van der Waals surface area contributed by atoms with E-state index < -0.39 is 0 Å². The van der Waals surface area contributed by atoms with Crippen LogP contribution in [0.2, 0.25) is 0 Å². The number of methoxy groups -OCH3 is 1. The first-order valence-electron chi connectivity index (χ1n) is 9.47. The Morgan fingerprint density at radius 1 is 1.21 bits per heavy atom. The van der Waals surface area contributed by atoms with Gasteiger partial charge in [0.25, 0.3) is 5.91 Å². The first-order valence-corrected chi connectivity index (χ1v) is 9.47. The van der Waals surface area contributed by atoms with E-state index in [1.807, 2.05) is 61.0 Å². The average Bonchev–Trinajstić information content (AvgIpc) is 3.11. The maximum Gasteiger partial charge on any atom is 0.251 e. The van der Waals surface area contributed by atoms with Crippen molar-refractivity contribution >= 4 is 5.91 Å². The Bertz CT molecular complexity index is 989. The van der Waals surface area contributed by atoms with Crippen LogP contribution in [0.25, 0.3) is 5.69 Å². The van der Waals surface area contributed by atoms with Crippen LogP contribution in [-0.2, 0) is 6.54 Å². The Labute approximate surface area is 166 Å². The van der Waals surface area contributed by atoms with Gasteiger partial charge in [-0.1, -0.05) is 32.0 Å². The number of carbonyl (C=O) groups excluding carboxylic acids is 1. The van der Waals surface area contributed by atoms with Crippen molar-refractivity contribution in [1.29, 1.82) is 0 Å². The lowest BCUT2D eigenvalue weighted by atomic mass is 9.96. The Kier molecular flexibility index (Phi) is 5.83. The molecule has 0 atom stereocenters. The highest BCUT2D eigenvalue weighted by molar-refractivity contribution is 5.96. The SMILES string of the molecule is COc1cc(C)c(C(=O)NCc2ccccc2-n2ccnc2C)cc1C(C)C. The number of aryl methyl sites for hydroxylation is 2. The fourth-order valence-electron chi connectivity index (χ4n) is 3.37. The molecule has 0 unspecified atom stereocenters. The molecule has 3 rings (SSSR count). The molecule has 0 aliphatic rings. The van der Waals surface area contributed by atoms with Crippen molar-refractivity contribution in [2.45, 2.75) is 40.2 Å². The Morgan fingerprint density at radius 2 is 1.96 bits per heavy atom. The van der Waals surface area contributed by atoms with E-state index in [1.165, 1.54) is 0 Å². The predicted octanol–water partition coefficient (Wildman–Crippen LogP) is 4.55. The number of hydrogen-bond acceptors (Lipinski definition) is 3. The number of para-hydroxylation sites is 1. The molecule has 0 fully saturated rings. The number of nitrogens with zero attached hydrogens (tertiary/aromatic N) is 2. The molecule has 146 valence electrons. The number of hydrogen-bond donors (Lipinski definition) is 1. The zero-order valence-corrected chi connectivity index (χ0v) is 17.1. The number of carbonyl (C=O) groups is 1. The van der Waals surface area contributed by atoms with Gasteiger partial charge in [-0.3, -0.25) is 4.79 Å². The number of aromatic nitrogens is 2. The summed E-state index contributed by atoms with van der Waals surface area (Å²) in [6.45, 7) is 8.53. The minimum atomic E-state index is -0.0841.